The fourth-order valence-corrected chi connectivity index (χ4v) is 4.79. The van der Waals surface area contributed by atoms with Crippen LogP contribution in [-0.4, -0.2) is 67.1 Å². The first-order valence-electron chi connectivity index (χ1n) is 9.48. The Labute approximate surface area is 194 Å². The van der Waals surface area contributed by atoms with Gasteiger partial charge in [-0.1, -0.05) is 11.6 Å². The second kappa shape index (κ2) is 10.5. The molecule has 9 nitrogen and oxygen atoms in total. The molecule has 0 heterocycles. The number of benzene rings is 2. The molecule has 1 amide bonds. The number of nitrogens with zero attached hydrogens (tertiary/aromatic N) is 2. The number of carbonyl (C=O) groups excluding carboxylic acids is 1. The minimum atomic E-state index is -3.70. The Bertz CT molecular complexity index is 1170. The third kappa shape index (κ3) is 6.83. The zero-order valence-electron chi connectivity index (χ0n) is 18.2. The summed E-state index contributed by atoms with van der Waals surface area (Å²) < 4.78 is 56.2. The van der Waals surface area contributed by atoms with E-state index in [9.17, 15) is 21.6 Å². The molecule has 0 aromatic heterocycles. The normalized spacial score (nSPS) is 11.9. The van der Waals surface area contributed by atoms with Crippen molar-refractivity contribution in [3.05, 3.63) is 53.1 Å². The van der Waals surface area contributed by atoms with E-state index in [0.717, 1.165) is 14.9 Å². The van der Waals surface area contributed by atoms with E-state index in [-0.39, 0.29) is 18.0 Å². The van der Waals surface area contributed by atoms with Gasteiger partial charge in [0.15, 0.2) is 0 Å². The Morgan fingerprint density at radius 1 is 1.06 bits per heavy atom. The molecule has 176 valence electrons. The standard InChI is InChI=1S/C20H26ClN3O6S2/c1-15-13-16(21)5-10-19(15)24(31(4,26)27)14-20(25)22-11-12-30-17-6-8-18(9-7-17)32(28,29)23(2)3/h5-10,13H,11-12,14H2,1-4H3,(H,22,25). The summed E-state index contributed by atoms with van der Waals surface area (Å²) in [5.74, 6) is -0.0627. The SMILES string of the molecule is Cc1cc(Cl)ccc1N(CC(=O)NCCOc1ccc(S(=O)(=O)N(C)C)cc1)S(C)(=O)=O. The molecule has 32 heavy (non-hydrogen) atoms. The van der Waals surface area contributed by atoms with Crippen molar-refractivity contribution in [1.82, 2.24) is 9.62 Å². The van der Waals surface area contributed by atoms with E-state index >= 15 is 0 Å². The third-order valence-corrected chi connectivity index (χ3v) is 7.60. The van der Waals surface area contributed by atoms with Crippen molar-refractivity contribution in [2.75, 3.05) is 44.4 Å². The maximum absolute atomic E-state index is 12.3. The summed E-state index contributed by atoms with van der Waals surface area (Å²) in [7, 11) is -4.33. The van der Waals surface area contributed by atoms with Crippen molar-refractivity contribution in [1.29, 1.82) is 0 Å². The highest BCUT2D eigenvalue weighted by molar-refractivity contribution is 7.92. The molecule has 2 aromatic rings. The largest absolute Gasteiger partial charge is 0.492 e. The molecule has 0 spiro atoms. The van der Waals surface area contributed by atoms with Crippen LogP contribution in [0.4, 0.5) is 5.69 Å². The van der Waals surface area contributed by atoms with Crippen molar-refractivity contribution in [3.8, 4) is 5.75 Å². The topological polar surface area (TPSA) is 113 Å². The molecular weight excluding hydrogens is 478 g/mol. The van der Waals surface area contributed by atoms with Crippen LogP contribution in [0.5, 0.6) is 5.75 Å². The van der Waals surface area contributed by atoms with Gasteiger partial charge >= 0.3 is 0 Å². The molecule has 12 heteroatoms. The van der Waals surface area contributed by atoms with Gasteiger partial charge in [0.2, 0.25) is 26.0 Å². The summed E-state index contributed by atoms with van der Waals surface area (Å²) in [5.41, 5.74) is 0.995. The van der Waals surface area contributed by atoms with Crippen LogP contribution in [0.15, 0.2) is 47.4 Å². The number of carbonyl (C=O) groups is 1. The van der Waals surface area contributed by atoms with E-state index in [1.54, 1.807) is 25.1 Å². The molecule has 2 aromatic carbocycles. The number of amides is 1. The Morgan fingerprint density at radius 2 is 1.69 bits per heavy atom. The van der Waals surface area contributed by atoms with Crippen molar-refractivity contribution in [3.63, 3.8) is 0 Å². The molecule has 0 bridgehead atoms. The predicted molar refractivity (Wildman–Crippen MR) is 124 cm³/mol. The van der Waals surface area contributed by atoms with Crippen molar-refractivity contribution >= 4 is 43.2 Å². The highest BCUT2D eigenvalue weighted by Gasteiger charge is 2.22. The number of sulfonamides is 2. The van der Waals surface area contributed by atoms with Crippen LogP contribution in [0.1, 0.15) is 5.56 Å². The number of halogens is 1. The zero-order valence-corrected chi connectivity index (χ0v) is 20.6. The van der Waals surface area contributed by atoms with Gasteiger partial charge in [0.05, 0.1) is 23.4 Å². The fraction of sp³-hybridized carbons (Fsp3) is 0.350. The van der Waals surface area contributed by atoms with Crippen molar-refractivity contribution < 1.29 is 26.4 Å². The third-order valence-electron chi connectivity index (χ3n) is 4.41. The number of nitrogens with one attached hydrogen (secondary N) is 1. The van der Waals surface area contributed by atoms with Gasteiger partial charge in [-0.15, -0.1) is 0 Å². The van der Waals surface area contributed by atoms with Crippen LogP contribution in [0.3, 0.4) is 0 Å². The van der Waals surface area contributed by atoms with Gasteiger partial charge in [0.1, 0.15) is 18.9 Å². The lowest BCUT2D eigenvalue weighted by Gasteiger charge is -2.23. The first-order chi connectivity index (χ1) is 14.8. The van der Waals surface area contributed by atoms with Crippen molar-refractivity contribution in [2.45, 2.75) is 11.8 Å². The summed E-state index contributed by atoms with van der Waals surface area (Å²) in [6.07, 6.45) is 1.03. The molecule has 0 aliphatic heterocycles. The van der Waals surface area contributed by atoms with Gasteiger partial charge < -0.3 is 10.1 Å². The lowest BCUT2D eigenvalue weighted by Crippen LogP contribution is -2.41. The van der Waals surface area contributed by atoms with Gasteiger partial charge in [0, 0.05) is 19.1 Å². The summed E-state index contributed by atoms with van der Waals surface area (Å²) in [6, 6.07) is 10.6. The van der Waals surface area contributed by atoms with E-state index in [1.807, 2.05) is 0 Å². The van der Waals surface area contributed by atoms with E-state index < -0.39 is 32.5 Å². The Balaban J connectivity index is 1.92. The number of ether oxygens (including phenoxy) is 1. The lowest BCUT2D eigenvalue weighted by atomic mass is 10.2. The second-order valence-corrected chi connectivity index (χ2v) is 11.7. The lowest BCUT2D eigenvalue weighted by molar-refractivity contribution is -0.119. The van der Waals surface area contributed by atoms with E-state index in [1.165, 1.54) is 38.4 Å². The predicted octanol–water partition coefficient (Wildman–Crippen LogP) is 1.86. The van der Waals surface area contributed by atoms with E-state index in [0.29, 0.717) is 22.0 Å². The number of hydrogen-bond donors (Lipinski definition) is 1. The molecule has 0 radical (unpaired) electrons. The van der Waals surface area contributed by atoms with Gasteiger partial charge in [0.25, 0.3) is 0 Å². The minimum Gasteiger partial charge on any atom is -0.492 e. The molecule has 0 saturated carbocycles. The number of anilines is 1. The van der Waals surface area contributed by atoms with Gasteiger partial charge in [-0.25, -0.2) is 21.1 Å². The summed E-state index contributed by atoms with van der Waals surface area (Å²) in [4.78, 5) is 12.5. The first kappa shape index (κ1) is 25.9. The molecule has 0 aliphatic carbocycles. The molecule has 1 N–H and O–H groups in total. The van der Waals surface area contributed by atoms with Gasteiger partial charge in [-0.05, 0) is 55.0 Å². The molecular formula is C20H26ClN3O6S2. The van der Waals surface area contributed by atoms with E-state index in [4.69, 9.17) is 16.3 Å². The average molecular weight is 504 g/mol. The average Bonchev–Trinajstić information content (AvgIpc) is 2.69. The van der Waals surface area contributed by atoms with Gasteiger partial charge in [-0.2, -0.15) is 0 Å². The van der Waals surface area contributed by atoms with Crippen LogP contribution in [0.25, 0.3) is 0 Å². The molecule has 0 atom stereocenters. The van der Waals surface area contributed by atoms with Crippen LogP contribution in [-0.2, 0) is 24.8 Å². The first-order valence-corrected chi connectivity index (χ1v) is 13.1. The van der Waals surface area contributed by atoms with Crippen molar-refractivity contribution in [2.24, 2.45) is 0 Å². The van der Waals surface area contributed by atoms with Gasteiger partial charge in [-0.3, -0.25) is 9.10 Å². The Hall–Kier alpha value is -2.34. The van der Waals surface area contributed by atoms with E-state index in [2.05, 4.69) is 5.32 Å². The number of aryl methyl sites for hydroxylation is 1. The quantitative estimate of drug-likeness (QED) is 0.495. The summed E-state index contributed by atoms with van der Waals surface area (Å²) >= 11 is 5.93. The molecule has 0 fully saturated rings. The smallest absolute Gasteiger partial charge is 0.242 e. The Morgan fingerprint density at radius 3 is 2.22 bits per heavy atom. The van der Waals surface area contributed by atoms with Crippen LogP contribution in [0, 0.1) is 6.92 Å². The highest BCUT2D eigenvalue weighted by Crippen LogP contribution is 2.25. The maximum atomic E-state index is 12.3. The number of hydrogen-bond acceptors (Lipinski definition) is 6. The van der Waals surface area contributed by atoms with Crippen LogP contribution < -0.4 is 14.4 Å². The zero-order chi connectivity index (χ0) is 24.1. The monoisotopic (exact) mass is 503 g/mol. The summed E-state index contributed by atoms with van der Waals surface area (Å²) in [6.45, 7) is 1.57. The fourth-order valence-electron chi connectivity index (χ4n) is 2.74. The molecule has 0 saturated heterocycles. The second-order valence-electron chi connectivity index (χ2n) is 7.16. The molecule has 0 aliphatic rings. The Kier molecular flexibility index (Phi) is 8.52. The van der Waals surface area contributed by atoms with Crippen LogP contribution >= 0.6 is 11.6 Å². The highest BCUT2D eigenvalue weighted by atomic mass is 35.5. The van der Waals surface area contributed by atoms with Crippen LogP contribution in [0.2, 0.25) is 5.02 Å². The minimum absolute atomic E-state index is 0.115. The number of rotatable bonds is 10. The maximum Gasteiger partial charge on any atom is 0.242 e. The molecule has 2 rings (SSSR count). The molecule has 0 unspecified atom stereocenters. The summed E-state index contributed by atoms with van der Waals surface area (Å²) in [5, 5.41) is 3.07.